The topological polar surface area (TPSA) is 39.5 Å². The maximum atomic E-state index is 14.5. The van der Waals surface area contributed by atoms with Gasteiger partial charge in [-0.2, -0.15) is 10.3 Å². The SMILES string of the molecule is CCC(CC)N1C[C@@H](N(Cc2cccc(F)c2F)c2ccc(C#N)c(Cl)c2)CCO1. The molecule has 30 heavy (non-hydrogen) atoms. The third-order valence-corrected chi connectivity index (χ3v) is 5.98. The average Bonchev–Trinajstić information content (AvgIpc) is 2.76. The Labute approximate surface area is 181 Å². The van der Waals surface area contributed by atoms with Gasteiger partial charge < -0.3 is 4.90 Å². The lowest BCUT2D eigenvalue weighted by Crippen LogP contribution is -2.51. The third kappa shape index (κ3) is 4.92. The van der Waals surface area contributed by atoms with Gasteiger partial charge in [0.15, 0.2) is 11.6 Å². The molecule has 0 saturated carbocycles. The van der Waals surface area contributed by atoms with E-state index in [1.165, 1.54) is 6.07 Å². The monoisotopic (exact) mass is 433 g/mol. The number of benzene rings is 2. The van der Waals surface area contributed by atoms with Crippen LogP contribution in [0.1, 0.15) is 44.2 Å². The first-order valence-corrected chi connectivity index (χ1v) is 10.6. The highest BCUT2D eigenvalue weighted by atomic mass is 35.5. The Morgan fingerprint density at radius 3 is 2.70 bits per heavy atom. The predicted octanol–water partition coefficient (Wildman–Crippen LogP) is 5.69. The highest BCUT2D eigenvalue weighted by Crippen LogP contribution is 2.30. The van der Waals surface area contributed by atoms with Crippen LogP contribution in [0.5, 0.6) is 0 Å². The first-order valence-electron chi connectivity index (χ1n) is 10.3. The Hall–Kier alpha value is -2.20. The molecule has 2 aromatic carbocycles. The van der Waals surface area contributed by atoms with Crippen LogP contribution in [-0.4, -0.2) is 30.3 Å². The first kappa shape index (κ1) is 22.5. The summed E-state index contributed by atoms with van der Waals surface area (Å²) in [6, 6.07) is 11.8. The molecule has 3 rings (SSSR count). The number of halogens is 3. The molecule has 0 radical (unpaired) electrons. The molecule has 0 bridgehead atoms. The van der Waals surface area contributed by atoms with E-state index in [4.69, 9.17) is 16.4 Å². The zero-order chi connectivity index (χ0) is 21.7. The minimum atomic E-state index is -0.865. The maximum Gasteiger partial charge on any atom is 0.163 e. The van der Waals surface area contributed by atoms with Gasteiger partial charge in [-0.05, 0) is 43.5 Å². The number of hydrogen-bond acceptors (Lipinski definition) is 4. The number of nitrogens with zero attached hydrogens (tertiary/aromatic N) is 3. The summed E-state index contributed by atoms with van der Waals surface area (Å²) in [5.41, 5.74) is 1.41. The smallest absolute Gasteiger partial charge is 0.163 e. The van der Waals surface area contributed by atoms with E-state index < -0.39 is 11.6 Å². The lowest BCUT2D eigenvalue weighted by Gasteiger charge is -2.42. The Kier molecular flexibility index (Phi) is 7.65. The molecule has 0 spiro atoms. The van der Waals surface area contributed by atoms with Crippen LogP contribution in [0.2, 0.25) is 5.02 Å². The summed E-state index contributed by atoms with van der Waals surface area (Å²) in [6.07, 6.45) is 2.67. The van der Waals surface area contributed by atoms with E-state index in [2.05, 4.69) is 19.9 Å². The Morgan fingerprint density at radius 2 is 2.03 bits per heavy atom. The second kappa shape index (κ2) is 10.2. The van der Waals surface area contributed by atoms with Crippen LogP contribution >= 0.6 is 11.6 Å². The van der Waals surface area contributed by atoms with Crippen LogP contribution in [0, 0.1) is 23.0 Å². The van der Waals surface area contributed by atoms with Crippen molar-refractivity contribution in [1.29, 1.82) is 5.26 Å². The van der Waals surface area contributed by atoms with E-state index in [-0.39, 0.29) is 18.2 Å². The highest BCUT2D eigenvalue weighted by molar-refractivity contribution is 6.32. The Morgan fingerprint density at radius 1 is 1.27 bits per heavy atom. The molecule has 1 aliphatic rings. The van der Waals surface area contributed by atoms with Gasteiger partial charge in [-0.1, -0.05) is 37.6 Å². The molecule has 0 aromatic heterocycles. The summed E-state index contributed by atoms with van der Waals surface area (Å²) in [7, 11) is 0. The van der Waals surface area contributed by atoms with E-state index >= 15 is 0 Å². The van der Waals surface area contributed by atoms with E-state index in [9.17, 15) is 14.0 Å². The van der Waals surface area contributed by atoms with Crippen molar-refractivity contribution in [2.45, 2.75) is 51.7 Å². The van der Waals surface area contributed by atoms with Crippen LogP contribution in [-0.2, 0) is 11.4 Å². The van der Waals surface area contributed by atoms with Gasteiger partial charge >= 0.3 is 0 Å². The largest absolute Gasteiger partial charge is 0.363 e. The summed E-state index contributed by atoms with van der Waals surface area (Å²) >= 11 is 6.28. The number of nitriles is 1. The third-order valence-electron chi connectivity index (χ3n) is 5.67. The summed E-state index contributed by atoms with van der Waals surface area (Å²) in [4.78, 5) is 7.93. The molecule has 1 heterocycles. The van der Waals surface area contributed by atoms with Gasteiger partial charge in [-0.25, -0.2) is 8.78 Å². The summed E-state index contributed by atoms with van der Waals surface area (Å²) in [6.45, 7) is 5.63. The fourth-order valence-corrected chi connectivity index (χ4v) is 4.14. The molecule has 1 aliphatic heterocycles. The molecule has 1 fully saturated rings. The molecular formula is C23H26ClF2N3O. The molecule has 1 saturated heterocycles. The standard InChI is InChI=1S/C23H26ClF2N3O/c1-3-18(4-2)29-15-20(10-11-30-29)28(14-17-6-5-7-22(25)23(17)26)19-9-8-16(13-27)21(24)12-19/h5-9,12,18,20H,3-4,10-11,14-15H2,1-2H3/t20-/m0/s1. The normalized spacial score (nSPS) is 17.2. The zero-order valence-corrected chi connectivity index (χ0v) is 18.0. The van der Waals surface area contributed by atoms with Crippen LogP contribution in [0.15, 0.2) is 36.4 Å². The second-order valence-electron chi connectivity index (χ2n) is 7.46. The number of hydroxylamine groups is 2. The fourth-order valence-electron chi connectivity index (χ4n) is 3.92. The maximum absolute atomic E-state index is 14.5. The molecular weight excluding hydrogens is 408 g/mol. The van der Waals surface area contributed by atoms with Gasteiger partial charge in [0, 0.05) is 36.4 Å². The highest BCUT2D eigenvalue weighted by Gasteiger charge is 2.30. The Balaban J connectivity index is 1.96. The lowest BCUT2D eigenvalue weighted by molar-refractivity contribution is -0.211. The van der Waals surface area contributed by atoms with E-state index in [0.717, 1.165) is 31.0 Å². The van der Waals surface area contributed by atoms with Crippen molar-refractivity contribution in [2.24, 2.45) is 0 Å². The molecule has 0 amide bonds. The van der Waals surface area contributed by atoms with Gasteiger partial charge in [-0.15, -0.1) is 0 Å². The summed E-state index contributed by atoms with van der Waals surface area (Å²) in [5, 5.41) is 11.5. The van der Waals surface area contributed by atoms with Gasteiger partial charge in [0.25, 0.3) is 0 Å². The van der Waals surface area contributed by atoms with Gasteiger partial charge in [0.1, 0.15) is 6.07 Å². The van der Waals surface area contributed by atoms with Gasteiger partial charge in [0.2, 0.25) is 0 Å². The van der Waals surface area contributed by atoms with Crippen molar-refractivity contribution < 1.29 is 13.6 Å². The van der Waals surface area contributed by atoms with Crippen LogP contribution in [0.25, 0.3) is 0 Å². The van der Waals surface area contributed by atoms with Crippen molar-refractivity contribution in [2.75, 3.05) is 18.1 Å². The molecule has 2 aromatic rings. The van der Waals surface area contributed by atoms with Crippen LogP contribution in [0.3, 0.4) is 0 Å². The molecule has 160 valence electrons. The van der Waals surface area contributed by atoms with Gasteiger partial charge in [-0.3, -0.25) is 4.84 Å². The van der Waals surface area contributed by atoms with Crippen molar-refractivity contribution in [3.8, 4) is 6.07 Å². The number of rotatable bonds is 7. The first-order chi connectivity index (χ1) is 14.5. The number of hydrogen-bond donors (Lipinski definition) is 0. The predicted molar refractivity (Wildman–Crippen MR) is 114 cm³/mol. The van der Waals surface area contributed by atoms with E-state index in [1.807, 2.05) is 9.96 Å². The molecule has 0 unspecified atom stereocenters. The minimum absolute atomic E-state index is 0.0195. The lowest BCUT2D eigenvalue weighted by atomic mass is 10.0. The molecule has 7 heteroatoms. The van der Waals surface area contributed by atoms with Crippen molar-refractivity contribution in [1.82, 2.24) is 5.06 Å². The van der Waals surface area contributed by atoms with Gasteiger partial charge in [0.05, 0.1) is 17.2 Å². The quantitative estimate of drug-likeness (QED) is 0.562. The molecule has 0 N–H and O–H groups in total. The summed E-state index contributed by atoms with van der Waals surface area (Å²) < 4.78 is 28.3. The van der Waals surface area contributed by atoms with Crippen molar-refractivity contribution in [3.05, 3.63) is 64.2 Å². The van der Waals surface area contributed by atoms with Crippen molar-refractivity contribution in [3.63, 3.8) is 0 Å². The summed E-state index contributed by atoms with van der Waals surface area (Å²) in [5.74, 6) is -1.71. The van der Waals surface area contributed by atoms with E-state index in [1.54, 1.807) is 24.3 Å². The zero-order valence-electron chi connectivity index (χ0n) is 17.2. The fraction of sp³-hybridized carbons (Fsp3) is 0.435. The average molecular weight is 434 g/mol. The molecule has 4 nitrogen and oxygen atoms in total. The molecule has 0 aliphatic carbocycles. The minimum Gasteiger partial charge on any atom is -0.363 e. The second-order valence-corrected chi connectivity index (χ2v) is 7.87. The Bertz CT molecular complexity index is 914. The van der Waals surface area contributed by atoms with E-state index in [0.29, 0.717) is 29.8 Å². The van der Waals surface area contributed by atoms with Crippen LogP contribution in [0.4, 0.5) is 14.5 Å². The number of anilines is 1. The van der Waals surface area contributed by atoms with Crippen molar-refractivity contribution >= 4 is 17.3 Å². The molecule has 1 atom stereocenters. The van der Waals surface area contributed by atoms with Crippen LogP contribution < -0.4 is 4.90 Å².